The number of ether oxygens (including phenoxy) is 7. The van der Waals surface area contributed by atoms with Crippen LogP contribution in [0.2, 0.25) is 0 Å². The predicted molar refractivity (Wildman–Crippen MR) is 104 cm³/mol. The summed E-state index contributed by atoms with van der Waals surface area (Å²) in [7, 11) is 2.97. The first kappa shape index (κ1) is 25.1. The van der Waals surface area contributed by atoms with Crippen LogP contribution < -0.4 is 10.1 Å². The van der Waals surface area contributed by atoms with Gasteiger partial charge in [-0.2, -0.15) is 0 Å². The molecule has 1 amide bonds. The van der Waals surface area contributed by atoms with Crippen molar-refractivity contribution in [2.24, 2.45) is 0 Å². The number of anilines is 1. The quantitative estimate of drug-likeness (QED) is 0.190. The zero-order valence-corrected chi connectivity index (χ0v) is 17.2. The maximum Gasteiger partial charge on any atom is 0.511 e. The van der Waals surface area contributed by atoms with Gasteiger partial charge in [0.05, 0.1) is 51.4 Å². The van der Waals surface area contributed by atoms with Gasteiger partial charge in [0, 0.05) is 14.0 Å². The summed E-state index contributed by atoms with van der Waals surface area (Å²) in [6, 6.07) is 4.29. The van der Waals surface area contributed by atoms with Gasteiger partial charge in [-0.15, -0.1) is 0 Å². The zero-order chi connectivity index (χ0) is 22.2. The lowest BCUT2D eigenvalue weighted by molar-refractivity contribution is -0.105. The standard InChI is InChI=1S/C19H27NO10/c1-14(30-19(23)28-11-10-27-9-8-26-7-6-24-2)29-18(22)15-4-5-16(20-13-21)17(12-15)25-3/h4-5,12-14H,6-11H2,1-3H3,(H,20,21). The summed E-state index contributed by atoms with van der Waals surface area (Å²) in [6.07, 6.45) is -1.70. The van der Waals surface area contributed by atoms with Crippen molar-refractivity contribution < 1.29 is 47.5 Å². The maximum absolute atomic E-state index is 12.2. The van der Waals surface area contributed by atoms with E-state index < -0.39 is 18.4 Å². The van der Waals surface area contributed by atoms with Crippen molar-refractivity contribution in [3.63, 3.8) is 0 Å². The summed E-state index contributed by atoms with van der Waals surface area (Å²) >= 11 is 0. The average molecular weight is 429 g/mol. The number of hydrogen-bond donors (Lipinski definition) is 1. The van der Waals surface area contributed by atoms with Crippen molar-refractivity contribution >= 4 is 24.2 Å². The molecular formula is C19H27NO10. The van der Waals surface area contributed by atoms with E-state index in [4.69, 9.17) is 33.2 Å². The van der Waals surface area contributed by atoms with Crippen LogP contribution in [-0.4, -0.2) is 78.7 Å². The van der Waals surface area contributed by atoms with Crippen molar-refractivity contribution in [1.82, 2.24) is 0 Å². The number of carbonyl (C=O) groups is 3. The molecule has 1 unspecified atom stereocenters. The molecule has 1 N–H and O–H groups in total. The molecule has 1 rings (SSSR count). The Bertz CT molecular complexity index is 667. The number of esters is 1. The van der Waals surface area contributed by atoms with Gasteiger partial charge < -0.3 is 38.5 Å². The molecule has 0 spiro atoms. The van der Waals surface area contributed by atoms with Crippen LogP contribution >= 0.6 is 0 Å². The van der Waals surface area contributed by atoms with Crippen molar-refractivity contribution in [2.45, 2.75) is 13.2 Å². The van der Waals surface area contributed by atoms with Gasteiger partial charge in [0.15, 0.2) is 0 Å². The first-order chi connectivity index (χ1) is 14.5. The minimum Gasteiger partial charge on any atom is -0.495 e. The molecule has 0 heterocycles. The SMILES string of the molecule is COCCOCCOCCOC(=O)OC(C)OC(=O)c1ccc(NC=O)c(OC)c1. The Hall–Kier alpha value is -2.89. The van der Waals surface area contributed by atoms with E-state index in [1.54, 1.807) is 7.11 Å². The van der Waals surface area contributed by atoms with Crippen molar-refractivity contribution in [3.05, 3.63) is 23.8 Å². The second-order valence-corrected chi connectivity index (χ2v) is 5.58. The smallest absolute Gasteiger partial charge is 0.495 e. The third kappa shape index (κ3) is 10.0. The molecule has 30 heavy (non-hydrogen) atoms. The fraction of sp³-hybridized carbons (Fsp3) is 0.526. The Labute approximate surface area is 174 Å². The van der Waals surface area contributed by atoms with Crippen LogP contribution in [0.3, 0.4) is 0 Å². The van der Waals surface area contributed by atoms with E-state index in [0.717, 1.165) is 0 Å². The summed E-state index contributed by atoms with van der Waals surface area (Å²) in [5, 5.41) is 2.44. The molecule has 0 aromatic heterocycles. The van der Waals surface area contributed by atoms with Gasteiger partial charge in [-0.1, -0.05) is 0 Å². The Balaban J connectivity index is 2.28. The molecule has 11 heteroatoms. The van der Waals surface area contributed by atoms with Crippen LogP contribution in [0.5, 0.6) is 5.75 Å². The summed E-state index contributed by atoms with van der Waals surface area (Å²) in [5.41, 5.74) is 0.536. The van der Waals surface area contributed by atoms with Gasteiger partial charge in [0.2, 0.25) is 12.7 Å². The van der Waals surface area contributed by atoms with E-state index >= 15 is 0 Å². The van der Waals surface area contributed by atoms with Gasteiger partial charge in [-0.3, -0.25) is 4.79 Å². The lowest BCUT2D eigenvalue weighted by Crippen LogP contribution is -2.23. The van der Waals surface area contributed by atoms with E-state index in [0.29, 0.717) is 38.5 Å². The number of hydrogen-bond acceptors (Lipinski definition) is 10. The molecule has 0 bridgehead atoms. The molecule has 0 saturated carbocycles. The first-order valence-corrected chi connectivity index (χ1v) is 9.08. The number of nitrogens with one attached hydrogen (secondary N) is 1. The van der Waals surface area contributed by atoms with Gasteiger partial charge >= 0.3 is 12.1 Å². The minimum atomic E-state index is -1.18. The minimum absolute atomic E-state index is 0.0278. The van der Waals surface area contributed by atoms with Crippen LogP contribution in [0.15, 0.2) is 18.2 Å². The number of carbonyl (C=O) groups excluding carboxylic acids is 3. The molecule has 0 aliphatic rings. The second kappa shape index (κ2) is 15.0. The lowest BCUT2D eigenvalue weighted by atomic mass is 10.2. The molecular weight excluding hydrogens is 402 g/mol. The van der Waals surface area contributed by atoms with Crippen molar-refractivity contribution in [1.29, 1.82) is 0 Å². The first-order valence-electron chi connectivity index (χ1n) is 9.08. The summed E-state index contributed by atoms with van der Waals surface area (Å²) < 4.78 is 35.0. The van der Waals surface area contributed by atoms with Crippen LogP contribution in [-0.2, 0) is 33.2 Å². The van der Waals surface area contributed by atoms with Gasteiger partial charge in [-0.05, 0) is 18.2 Å². The third-order valence-corrected chi connectivity index (χ3v) is 3.44. The lowest BCUT2D eigenvalue weighted by Gasteiger charge is -2.15. The highest BCUT2D eigenvalue weighted by molar-refractivity contribution is 5.91. The van der Waals surface area contributed by atoms with Gasteiger partial charge in [-0.25, -0.2) is 9.59 Å². The second-order valence-electron chi connectivity index (χ2n) is 5.58. The van der Waals surface area contributed by atoms with Gasteiger partial charge in [0.1, 0.15) is 12.4 Å². The number of benzene rings is 1. The van der Waals surface area contributed by atoms with E-state index in [-0.39, 0.29) is 24.5 Å². The summed E-state index contributed by atoms with van der Waals surface area (Å²) in [6.45, 7) is 3.24. The molecule has 0 aliphatic heterocycles. The highest BCUT2D eigenvalue weighted by atomic mass is 16.8. The molecule has 0 saturated heterocycles. The van der Waals surface area contributed by atoms with E-state index in [1.165, 1.54) is 32.2 Å². The number of amides is 1. The van der Waals surface area contributed by atoms with Crippen molar-refractivity contribution in [3.8, 4) is 5.75 Å². The highest BCUT2D eigenvalue weighted by Gasteiger charge is 2.18. The van der Waals surface area contributed by atoms with Crippen molar-refractivity contribution in [2.75, 3.05) is 59.2 Å². The van der Waals surface area contributed by atoms with Crippen LogP contribution in [0.4, 0.5) is 10.5 Å². The Morgan fingerprint density at radius 3 is 2.30 bits per heavy atom. The Kier molecular flexibility index (Phi) is 12.6. The Morgan fingerprint density at radius 1 is 1.00 bits per heavy atom. The van der Waals surface area contributed by atoms with Gasteiger partial charge in [0.25, 0.3) is 0 Å². The van der Waals surface area contributed by atoms with E-state index in [9.17, 15) is 14.4 Å². The van der Waals surface area contributed by atoms with Crippen LogP contribution in [0.25, 0.3) is 0 Å². The molecule has 0 aliphatic carbocycles. The van der Waals surface area contributed by atoms with Crippen LogP contribution in [0.1, 0.15) is 17.3 Å². The molecule has 168 valence electrons. The third-order valence-electron chi connectivity index (χ3n) is 3.44. The zero-order valence-electron chi connectivity index (χ0n) is 17.2. The maximum atomic E-state index is 12.2. The van der Waals surface area contributed by atoms with E-state index in [2.05, 4.69) is 5.32 Å². The fourth-order valence-electron chi connectivity index (χ4n) is 2.06. The molecule has 1 atom stereocenters. The molecule has 11 nitrogen and oxygen atoms in total. The van der Waals surface area contributed by atoms with Crippen LogP contribution in [0, 0.1) is 0 Å². The molecule has 0 fully saturated rings. The normalized spacial score (nSPS) is 11.3. The monoisotopic (exact) mass is 429 g/mol. The largest absolute Gasteiger partial charge is 0.511 e. The highest BCUT2D eigenvalue weighted by Crippen LogP contribution is 2.25. The predicted octanol–water partition coefficient (Wildman–Crippen LogP) is 1.60. The molecule has 0 radical (unpaired) electrons. The molecule has 1 aromatic carbocycles. The summed E-state index contributed by atoms with van der Waals surface area (Å²) in [4.78, 5) is 34.3. The fourth-order valence-corrected chi connectivity index (χ4v) is 2.06. The number of methoxy groups -OCH3 is 2. The number of rotatable bonds is 15. The molecule has 1 aromatic rings. The average Bonchev–Trinajstić information content (AvgIpc) is 2.72. The Morgan fingerprint density at radius 2 is 1.67 bits per heavy atom. The van der Waals surface area contributed by atoms with E-state index in [1.807, 2.05) is 0 Å². The topological polar surface area (TPSA) is 128 Å². The summed E-state index contributed by atoms with van der Waals surface area (Å²) in [5.74, 6) is -0.475.